The lowest BCUT2D eigenvalue weighted by atomic mass is 10.0. The van der Waals surface area contributed by atoms with Gasteiger partial charge in [0.15, 0.2) is 5.58 Å². The number of rotatable bonds is 5. The van der Waals surface area contributed by atoms with Gasteiger partial charge in [0.25, 0.3) is 0 Å². The Balaban J connectivity index is 0.00000171. The topological polar surface area (TPSA) is 70.7 Å². The van der Waals surface area contributed by atoms with Crippen molar-refractivity contribution in [3.05, 3.63) is 83.3 Å². The molecule has 0 atom stereocenters. The number of amides is 1. The molecule has 0 unspecified atom stereocenters. The lowest BCUT2D eigenvalue weighted by molar-refractivity contribution is -0.118. The van der Waals surface area contributed by atoms with Crippen LogP contribution in [0.5, 0.6) is 0 Å². The van der Waals surface area contributed by atoms with E-state index < -0.39 is 5.76 Å². The maximum absolute atomic E-state index is 12.9. The normalized spacial score (nSPS) is 13.1. The van der Waals surface area contributed by atoms with Crippen LogP contribution in [0.25, 0.3) is 22.2 Å². The molecule has 0 saturated carbocycles. The van der Waals surface area contributed by atoms with Crippen LogP contribution in [0.2, 0.25) is 0 Å². The van der Waals surface area contributed by atoms with Gasteiger partial charge in [-0.3, -0.25) is 9.36 Å². The molecule has 5 rings (SSSR count). The summed E-state index contributed by atoms with van der Waals surface area (Å²) in [6.07, 6.45) is 0. The zero-order chi connectivity index (χ0) is 22.8. The molecule has 4 aromatic rings. The molecule has 0 spiro atoms. The van der Waals surface area contributed by atoms with E-state index in [-0.39, 0.29) is 37.3 Å². The van der Waals surface area contributed by atoms with Crippen molar-refractivity contribution < 1.29 is 9.21 Å². The SMILES string of the molecule is CN(C(=O)Cn1c(=O)oc2ccc(-c3cccc(N4CCNCC4)c3)cc21)c1ccccc1.Cl.Cl. The fourth-order valence-electron chi connectivity index (χ4n) is 4.23. The number of aromatic nitrogens is 1. The zero-order valence-corrected chi connectivity index (χ0v) is 21.0. The van der Waals surface area contributed by atoms with Crippen molar-refractivity contribution in [3.8, 4) is 11.1 Å². The number of likely N-dealkylation sites (N-methyl/N-ethyl adjacent to an activating group) is 1. The minimum atomic E-state index is -0.536. The minimum absolute atomic E-state index is 0. The first-order chi connectivity index (χ1) is 16.1. The number of anilines is 2. The van der Waals surface area contributed by atoms with Gasteiger partial charge in [-0.1, -0.05) is 36.4 Å². The van der Waals surface area contributed by atoms with Gasteiger partial charge >= 0.3 is 5.76 Å². The van der Waals surface area contributed by atoms with Crippen molar-refractivity contribution in [2.24, 2.45) is 0 Å². The minimum Gasteiger partial charge on any atom is -0.408 e. The van der Waals surface area contributed by atoms with Gasteiger partial charge in [-0.2, -0.15) is 0 Å². The summed E-state index contributed by atoms with van der Waals surface area (Å²) in [6.45, 7) is 3.80. The van der Waals surface area contributed by atoms with Gasteiger partial charge in [0, 0.05) is 44.6 Å². The third kappa shape index (κ3) is 5.53. The highest BCUT2D eigenvalue weighted by atomic mass is 35.5. The number of hydrogen-bond donors (Lipinski definition) is 1. The Kier molecular flexibility index (Phi) is 8.62. The van der Waals surface area contributed by atoms with Crippen molar-refractivity contribution in [2.45, 2.75) is 6.54 Å². The average molecular weight is 515 g/mol. The van der Waals surface area contributed by atoms with E-state index in [1.54, 1.807) is 18.0 Å². The molecule has 2 heterocycles. The lowest BCUT2D eigenvalue weighted by Crippen LogP contribution is -2.43. The molecule has 35 heavy (non-hydrogen) atoms. The van der Waals surface area contributed by atoms with Gasteiger partial charge in [-0.05, 0) is 47.5 Å². The number of para-hydroxylation sites is 1. The maximum Gasteiger partial charge on any atom is 0.420 e. The monoisotopic (exact) mass is 514 g/mol. The van der Waals surface area contributed by atoms with Gasteiger partial charge < -0.3 is 19.5 Å². The molecule has 1 aliphatic heterocycles. The Bertz CT molecular complexity index is 1350. The summed E-state index contributed by atoms with van der Waals surface area (Å²) < 4.78 is 6.82. The van der Waals surface area contributed by atoms with Crippen LogP contribution >= 0.6 is 24.8 Å². The number of piperazine rings is 1. The maximum atomic E-state index is 12.9. The van der Waals surface area contributed by atoms with Crippen LogP contribution in [0.4, 0.5) is 11.4 Å². The van der Waals surface area contributed by atoms with E-state index >= 15 is 0 Å². The van der Waals surface area contributed by atoms with Gasteiger partial charge in [0.1, 0.15) is 6.54 Å². The van der Waals surface area contributed by atoms with Crippen LogP contribution in [0.15, 0.2) is 82.0 Å². The first kappa shape index (κ1) is 26.3. The second kappa shape index (κ2) is 11.4. The van der Waals surface area contributed by atoms with Crippen LogP contribution in [0.1, 0.15) is 0 Å². The van der Waals surface area contributed by atoms with E-state index in [0.29, 0.717) is 11.1 Å². The lowest BCUT2D eigenvalue weighted by Gasteiger charge is -2.29. The summed E-state index contributed by atoms with van der Waals surface area (Å²) in [5, 5.41) is 3.38. The Hall–Kier alpha value is -3.26. The Morgan fingerprint density at radius 3 is 2.40 bits per heavy atom. The highest BCUT2D eigenvalue weighted by Crippen LogP contribution is 2.28. The summed E-state index contributed by atoms with van der Waals surface area (Å²) in [6, 6.07) is 23.4. The molecular formula is C26H28Cl2N4O3. The quantitative estimate of drug-likeness (QED) is 0.432. The van der Waals surface area contributed by atoms with Crippen LogP contribution in [-0.2, 0) is 11.3 Å². The molecule has 7 nitrogen and oxygen atoms in total. The fourth-order valence-corrected chi connectivity index (χ4v) is 4.23. The van der Waals surface area contributed by atoms with Crippen molar-refractivity contribution >= 4 is 53.2 Å². The Morgan fingerprint density at radius 1 is 0.943 bits per heavy atom. The van der Waals surface area contributed by atoms with Crippen molar-refractivity contribution in [3.63, 3.8) is 0 Å². The molecule has 3 aromatic carbocycles. The highest BCUT2D eigenvalue weighted by Gasteiger charge is 2.18. The second-order valence-electron chi connectivity index (χ2n) is 8.21. The van der Waals surface area contributed by atoms with Crippen LogP contribution in [0, 0.1) is 0 Å². The molecule has 1 N–H and O–H groups in total. The predicted molar refractivity (Wildman–Crippen MR) is 145 cm³/mol. The van der Waals surface area contributed by atoms with Gasteiger partial charge in [-0.25, -0.2) is 4.79 Å². The summed E-state index contributed by atoms with van der Waals surface area (Å²) in [4.78, 5) is 29.4. The van der Waals surface area contributed by atoms with E-state index in [1.807, 2.05) is 42.5 Å². The van der Waals surface area contributed by atoms with Crippen LogP contribution < -0.4 is 20.9 Å². The van der Waals surface area contributed by atoms with E-state index in [0.717, 1.165) is 43.0 Å². The van der Waals surface area contributed by atoms with E-state index in [9.17, 15) is 9.59 Å². The van der Waals surface area contributed by atoms with Crippen molar-refractivity contribution in [1.29, 1.82) is 0 Å². The third-order valence-corrected chi connectivity index (χ3v) is 6.14. The van der Waals surface area contributed by atoms with Gasteiger partial charge in [0.2, 0.25) is 5.91 Å². The molecule has 1 amide bonds. The molecule has 0 radical (unpaired) electrons. The van der Waals surface area contributed by atoms with E-state index in [4.69, 9.17) is 4.42 Å². The summed E-state index contributed by atoms with van der Waals surface area (Å²) in [5.41, 5.74) is 5.06. The predicted octanol–water partition coefficient (Wildman–Crippen LogP) is 4.18. The highest BCUT2D eigenvalue weighted by molar-refractivity contribution is 5.93. The number of nitrogens with zero attached hydrogens (tertiary/aromatic N) is 3. The third-order valence-electron chi connectivity index (χ3n) is 6.14. The Labute approximate surface area is 216 Å². The second-order valence-corrected chi connectivity index (χ2v) is 8.21. The number of fused-ring (bicyclic) bond motifs is 1. The number of hydrogen-bond acceptors (Lipinski definition) is 5. The standard InChI is InChI=1S/C26H26N4O3.2ClH/c1-28(21-7-3-2-4-8-21)25(31)18-30-23-17-20(10-11-24(23)33-26(30)32)19-6-5-9-22(16-19)29-14-12-27-13-15-29;;/h2-11,16-17,27H,12-15,18H2,1H3;2*1H. The largest absolute Gasteiger partial charge is 0.420 e. The summed E-state index contributed by atoms with van der Waals surface area (Å²) in [7, 11) is 1.71. The number of benzene rings is 3. The van der Waals surface area contributed by atoms with Crippen LogP contribution in [0.3, 0.4) is 0 Å². The van der Waals surface area contributed by atoms with E-state index in [2.05, 4.69) is 34.5 Å². The molecular weight excluding hydrogens is 487 g/mol. The van der Waals surface area contributed by atoms with Crippen molar-refractivity contribution in [2.75, 3.05) is 43.0 Å². The van der Waals surface area contributed by atoms with Crippen LogP contribution in [-0.4, -0.2) is 43.7 Å². The van der Waals surface area contributed by atoms with Gasteiger partial charge in [-0.15, -0.1) is 24.8 Å². The average Bonchev–Trinajstić information content (AvgIpc) is 3.18. The molecule has 1 aromatic heterocycles. The number of carbonyl (C=O) groups is 1. The number of halogens is 2. The smallest absolute Gasteiger partial charge is 0.408 e. The molecule has 184 valence electrons. The number of nitrogens with one attached hydrogen (secondary N) is 1. The van der Waals surface area contributed by atoms with E-state index in [1.165, 1.54) is 10.3 Å². The summed E-state index contributed by atoms with van der Waals surface area (Å²) >= 11 is 0. The molecule has 9 heteroatoms. The summed E-state index contributed by atoms with van der Waals surface area (Å²) in [5.74, 6) is -0.733. The first-order valence-electron chi connectivity index (χ1n) is 11.1. The molecule has 0 bridgehead atoms. The van der Waals surface area contributed by atoms with Gasteiger partial charge in [0.05, 0.1) is 5.52 Å². The Morgan fingerprint density at radius 2 is 1.66 bits per heavy atom. The fraction of sp³-hybridized carbons (Fsp3) is 0.231. The number of oxazole rings is 1. The molecule has 1 fully saturated rings. The zero-order valence-electron chi connectivity index (χ0n) is 19.3. The molecule has 1 saturated heterocycles. The molecule has 0 aliphatic carbocycles. The molecule has 1 aliphatic rings. The van der Waals surface area contributed by atoms with Crippen molar-refractivity contribution in [1.82, 2.24) is 9.88 Å². The first-order valence-corrected chi connectivity index (χ1v) is 11.1. The number of carbonyl (C=O) groups excluding carboxylic acids is 1.